The number of nitrogens with zero attached hydrogens (tertiary/aromatic N) is 1. The van der Waals surface area contributed by atoms with Crippen LogP contribution in [0.5, 0.6) is 0 Å². The van der Waals surface area contributed by atoms with Crippen LogP contribution >= 0.6 is 11.8 Å². The van der Waals surface area contributed by atoms with Crippen LogP contribution in [-0.4, -0.2) is 41.6 Å². The van der Waals surface area contributed by atoms with Gasteiger partial charge in [-0.25, -0.2) is 0 Å². The summed E-state index contributed by atoms with van der Waals surface area (Å²) < 4.78 is 0. The molecule has 3 rings (SSSR count). The number of benzene rings is 2. The number of piperidine rings is 1. The second-order valence-corrected chi connectivity index (χ2v) is 8.07. The van der Waals surface area contributed by atoms with Crippen LogP contribution in [0, 0.1) is 13.8 Å². The number of likely N-dealkylation sites (tertiary alicyclic amines) is 1. The standard InChI is InChI=1S/C22H26N2O2S/c1-16-8-9-17(2)20(14-16)27-15-21(25)24-12-10-19(11-13-24)23-22(26)18-6-4-3-5-7-18/h3-9,14,19H,10-13,15H2,1-2H3,(H,23,26). The Balaban J connectivity index is 1.45. The molecule has 27 heavy (non-hydrogen) atoms. The number of carbonyl (C=O) groups is 2. The van der Waals surface area contributed by atoms with Crippen molar-refractivity contribution in [3.63, 3.8) is 0 Å². The molecular formula is C22H26N2O2S. The van der Waals surface area contributed by atoms with Crippen molar-refractivity contribution in [3.05, 3.63) is 65.2 Å². The van der Waals surface area contributed by atoms with Gasteiger partial charge >= 0.3 is 0 Å². The molecule has 0 radical (unpaired) electrons. The van der Waals surface area contributed by atoms with Crippen LogP contribution in [0.3, 0.4) is 0 Å². The zero-order valence-electron chi connectivity index (χ0n) is 15.9. The molecule has 0 spiro atoms. The average Bonchev–Trinajstić information content (AvgIpc) is 2.69. The summed E-state index contributed by atoms with van der Waals surface area (Å²) in [7, 11) is 0. The molecule has 0 bridgehead atoms. The van der Waals surface area contributed by atoms with Crippen LogP contribution in [0.15, 0.2) is 53.4 Å². The predicted octanol–water partition coefficient (Wildman–Crippen LogP) is 3.82. The number of amides is 2. The first kappa shape index (κ1) is 19.5. The van der Waals surface area contributed by atoms with Gasteiger partial charge in [-0.15, -0.1) is 11.8 Å². The lowest BCUT2D eigenvalue weighted by Gasteiger charge is -2.32. The van der Waals surface area contributed by atoms with Crippen molar-refractivity contribution >= 4 is 23.6 Å². The predicted molar refractivity (Wildman–Crippen MR) is 110 cm³/mol. The molecule has 1 heterocycles. The van der Waals surface area contributed by atoms with Crippen LogP contribution in [0.1, 0.15) is 34.3 Å². The number of nitrogens with one attached hydrogen (secondary N) is 1. The maximum Gasteiger partial charge on any atom is 0.251 e. The van der Waals surface area contributed by atoms with Crippen molar-refractivity contribution in [2.24, 2.45) is 0 Å². The van der Waals surface area contributed by atoms with E-state index in [0.717, 1.165) is 12.8 Å². The molecule has 142 valence electrons. The van der Waals surface area contributed by atoms with Gasteiger partial charge in [-0.1, -0.05) is 35.9 Å². The summed E-state index contributed by atoms with van der Waals surface area (Å²) in [5.41, 5.74) is 3.10. The number of hydrogen-bond donors (Lipinski definition) is 1. The van der Waals surface area contributed by atoms with Crippen molar-refractivity contribution in [2.75, 3.05) is 18.8 Å². The lowest BCUT2D eigenvalue weighted by Crippen LogP contribution is -2.47. The molecule has 2 aromatic carbocycles. The summed E-state index contributed by atoms with van der Waals surface area (Å²) in [5, 5.41) is 3.08. The van der Waals surface area contributed by atoms with Gasteiger partial charge in [-0.2, -0.15) is 0 Å². The summed E-state index contributed by atoms with van der Waals surface area (Å²) in [4.78, 5) is 27.9. The number of rotatable bonds is 5. The Morgan fingerprint density at radius 3 is 2.48 bits per heavy atom. The largest absolute Gasteiger partial charge is 0.349 e. The van der Waals surface area contributed by atoms with Gasteiger partial charge in [0.2, 0.25) is 5.91 Å². The minimum atomic E-state index is -0.0362. The van der Waals surface area contributed by atoms with E-state index in [2.05, 4.69) is 37.4 Å². The van der Waals surface area contributed by atoms with E-state index in [1.807, 2.05) is 35.2 Å². The molecule has 5 heteroatoms. The van der Waals surface area contributed by atoms with E-state index in [1.165, 1.54) is 16.0 Å². The lowest BCUT2D eigenvalue weighted by molar-refractivity contribution is -0.129. The van der Waals surface area contributed by atoms with E-state index in [1.54, 1.807) is 11.8 Å². The van der Waals surface area contributed by atoms with Crippen molar-refractivity contribution in [1.82, 2.24) is 10.2 Å². The van der Waals surface area contributed by atoms with E-state index >= 15 is 0 Å². The zero-order chi connectivity index (χ0) is 19.2. The Labute approximate surface area is 165 Å². The molecule has 2 aromatic rings. The van der Waals surface area contributed by atoms with E-state index < -0.39 is 0 Å². The van der Waals surface area contributed by atoms with Crippen molar-refractivity contribution in [3.8, 4) is 0 Å². The minimum Gasteiger partial charge on any atom is -0.349 e. The third-order valence-corrected chi connectivity index (χ3v) is 6.06. The third-order valence-electron chi connectivity index (χ3n) is 4.91. The van der Waals surface area contributed by atoms with Crippen molar-refractivity contribution < 1.29 is 9.59 Å². The Morgan fingerprint density at radius 1 is 1.07 bits per heavy atom. The van der Waals surface area contributed by atoms with Gasteiger partial charge in [0.05, 0.1) is 5.75 Å². The fourth-order valence-electron chi connectivity index (χ4n) is 3.23. The van der Waals surface area contributed by atoms with E-state index in [-0.39, 0.29) is 17.9 Å². The Hall–Kier alpha value is -2.27. The molecule has 2 amide bonds. The van der Waals surface area contributed by atoms with Crippen LogP contribution in [0.2, 0.25) is 0 Å². The molecular weight excluding hydrogens is 356 g/mol. The molecule has 1 aliphatic heterocycles. The molecule has 1 fully saturated rings. The molecule has 4 nitrogen and oxygen atoms in total. The molecule has 0 aliphatic carbocycles. The second kappa shape index (κ2) is 9.09. The Bertz CT molecular complexity index is 799. The van der Waals surface area contributed by atoms with Crippen molar-refractivity contribution in [2.45, 2.75) is 37.6 Å². The molecule has 0 saturated carbocycles. The highest BCUT2D eigenvalue weighted by Crippen LogP contribution is 2.24. The van der Waals surface area contributed by atoms with E-state index in [9.17, 15) is 9.59 Å². The summed E-state index contributed by atoms with van der Waals surface area (Å²) in [6.45, 7) is 5.55. The lowest BCUT2D eigenvalue weighted by atomic mass is 10.0. The third kappa shape index (κ3) is 5.36. The monoisotopic (exact) mass is 382 g/mol. The highest BCUT2D eigenvalue weighted by atomic mass is 32.2. The Morgan fingerprint density at radius 2 is 1.78 bits per heavy atom. The van der Waals surface area contributed by atoms with Crippen molar-refractivity contribution in [1.29, 1.82) is 0 Å². The zero-order valence-corrected chi connectivity index (χ0v) is 16.7. The Kier molecular flexibility index (Phi) is 6.56. The summed E-state index contributed by atoms with van der Waals surface area (Å²) >= 11 is 1.61. The highest BCUT2D eigenvalue weighted by molar-refractivity contribution is 8.00. The highest BCUT2D eigenvalue weighted by Gasteiger charge is 2.24. The molecule has 0 aromatic heterocycles. The van der Waals surface area contributed by atoms with Gasteiger partial charge in [0, 0.05) is 29.6 Å². The summed E-state index contributed by atoms with van der Waals surface area (Å²) in [6, 6.07) is 15.7. The molecule has 1 N–H and O–H groups in total. The molecule has 0 atom stereocenters. The van der Waals surface area contributed by atoms with Gasteiger partial charge in [0.1, 0.15) is 0 Å². The smallest absolute Gasteiger partial charge is 0.251 e. The quantitative estimate of drug-likeness (QED) is 0.800. The van der Waals surface area contributed by atoms with Crippen LogP contribution in [0.4, 0.5) is 0 Å². The van der Waals surface area contributed by atoms with Gasteiger partial charge in [-0.3, -0.25) is 9.59 Å². The summed E-state index contributed by atoms with van der Waals surface area (Å²) in [5.74, 6) is 0.602. The molecule has 1 aliphatic rings. The van der Waals surface area contributed by atoms with Crippen LogP contribution in [0.25, 0.3) is 0 Å². The minimum absolute atomic E-state index is 0.0362. The number of hydrogen-bond acceptors (Lipinski definition) is 3. The maximum atomic E-state index is 12.5. The van der Waals surface area contributed by atoms with Crippen LogP contribution in [-0.2, 0) is 4.79 Å². The fourth-order valence-corrected chi connectivity index (χ4v) is 4.25. The number of aryl methyl sites for hydroxylation is 2. The van der Waals surface area contributed by atoms with Gasteiger partial charge in [0.15, 0.2) is 0 Å². The van der Waals surface area contributed by atoms with Gasteiger partial charge in [0.25, 0.3) is 5.91 Å². The topological polar surface area (TPSA) is 49.4 Å². The van der Waals surface area contributed by atoms with Gasteiger partial charge in [-0.05, 0) is 50.5 Å². The SMILES string of the molecule is Cc1ccc(C)c(SCC(=O)N2CCC(NC(=O)c3ccccc3)CC2)c1. The molecule has 1 saturated heterocycles. The van der Waals surface area contributed by atoms with E-state index in [4.69, 9.17) is 0 Å². The summed E-state index contributed by atoms with van der Waals surface area (Å²) in [6.07, 6.45) is 1.61. The first-order valence-corrected chi connectivity index (χ1v) is 10.4. The fraction of sp³-hybridized carbons (Fsp3) is 0.364. The second-order valence-electron chi connectivity index (χ2n) is 7.05. The number of carbonyl (C=O) groups excluding carboxylic acids is 2. The first-order valence-electron chi connectivity index (χ1n) is 9.36. The first-order chi connectivity index (χ1) is 13.0. The van der Waals surface area contributed by atoms with E-state index in [0.29, 0.717) is 24.4 Å². The van der Waals surface area contributed by atoms with Crippen LogP contribution < -0.4 is 5.32 Å². The molecule has 0 unspecified atom stereocenters. The average molecular weight is 383 g/mol. The maximum absolute atomic E-state index is 12.5. The normalized spacial score (nSPS) is 14.8. The van der Waals surface area contributed by atoms with Gasteiger partial charge < -0.3 is 10.2 Å². The number of thioether (sulfide) groups is 1.